The second kappa shape index (κ2) is 3.58. The van der Waals surface area contributed by atoms with E-state index in [0.717, 1.165) is 0 Å². The summed E-state index contributed by atoms with van der Waals surface area (Å²) in [6.45, 7) is -2.88. The van der Waals surface area contributed by atoms with E-state index in [1.807, 2.05) is 0 Å². The number of para-hydroxylation sites is 1. The Hall–Kier alpha value is -1.03. The van der Waals surface area contributed by atoms with Gasteiger partial charge in [-0.1, -0.05) is 17.7 Å². The highest BCUT2D eigenvalue weighted by Crippen LogP contribution is 2.29. The summed E-state index contributed by atoms with van der Waals surface area (Å²) in [6.07, 6.45) is 0. The average molecular weight is 194 g/mol. The molecule has 5 heteroatoms. The van der Waals surface area contributed by atoms with Gasteiger partial charge in [0.15, 0.2) is 5.75 Å². The zero-order valence-electron chi connectivity index (χ0n) is 5.93. The van der Waals surface area contributed by atoms with Gasteiger partial charge in [0.05, 0.1) is 10.7 Å². The lowest BCUT2D eigenvalue weighted by Gasteiger charge is -2.07. The minimum Gasteiger partial charge on any atom is -0.433 e. The van der Waals surface area contributed by atoms with E-state index in [2.05, 4.69) is 4.74 Å². The summed E-state index contributed by atoms with van der Waals surface area (Å²) in [5, 5.41) is 0.202. The first-order chi connectivity index (χ1) is 5.61. The Morgan fingerprint density at radius 2 is 2.08 bits per heavy atom. The Morgan fingerprint density at radius 3 is 2.67 bits per heavy atom. The maximum Gasteiger partial charge on any atom is 0.387 e. The number of hydrogen-bond acceptors (Lipinski definition) is 2. The zero-order chi connectivity index (χ0) is 9.14. The number of ether oxygens (including phenoxy) is 1. The maximum atomic E-state index is 11.7. The summed E-state index contributed by atoms with van der Waals surface area (Å²) >= 11 is 5.55. The Balaban J connectivity index is 2.92. The van der Waals surface area contributed by atoms with Gasteiger partial charge in [-0.2, -0.15) is 8.78 Å². The predicted octanol–water partition coefficient (Wildman–Crippen LogP) is 2.52. The monoisotopic (exact) mass is 193 g/mol. The highest BCUT2D eigenvalue weighted by atomic mass is 35.5. The third-order valence-corrected chi connectivity index (χ3v) is 1.56. The van der Waals surface area contributed by atoms with E-state index in [0.29, 0.717) is 0 Å². The lowest BCUT2D eigenvalue weighted by Crippen LogP contribution is -2.04. The highest BCUT2D eigenvalue weighted by Gasteiger charge is 2.08. The Labute approximate surface area is 72.9 Å². The molecule has 0 radical (unpaired) electrons. The molecule has 0 aliphatic rings. The van der Waals surface area contributed by atoms with Crippen molar-refractivity contribution in [2.75, 3.05) is 5.73 Å². The minimum atomic E-state index is -2.88. The van der Waals surface area contributed by atoms with Crippen LogP contribution in [0.2, 0.25) is 5.02 Å². The molecule has 0 bridgehead atoms. The molecule has 0 saturated carbocycles. The largest absolute Gasteiger partial charge is 0.433 e. The second-order valence-electron chi connectivity index (χ2n) is 2.03. The van der Waals surface area contributed by atoms with Crippen LogP contribution in [0.5, 0.6) is 5.75 Å². The van der Waals surface area contributed by atoms with Crippen molar-refractivity contribution >= 4 is 17.3 Å². The third-order valence-electron chi connectivity index (χ3n) is 1.23. The number of alkyl halides is 2. The Morgan fingerprint density at radius 1 is 1.42 bits per heavy atom. The van der Waals surface area contributed by atoms with Crippen LogP contribution in [-0.4, -0.2) is 6.61 Å². The van der Waals surface area contributed by atoms with E-state index in [9.17, 15) is 8.78 Å². The van der Waals surface area contributed by atoms with Crippen molar-refractivity contribution in [3.8, 4) is 5.75 Å². The molecule has 12 heavy (non-hydrogen) atoms. The predicted molar refractivity (Wildman–Crippen MR) is 42.5 cm³/mol. The third kappa shape index (κ3) is 1.98. The number of halogens is 3. The smallest absolute Gasteiger partial charge is 0.387 e. The van der Waals surface area contributed by atoms with E-state index < -0.39 is 6.61 Å². The van der Waals surface area contributed by atoms with Gasteiger partial charge in [0.2, 0.25) is 0 Å². The van der Waals surface area contributed by atoms with Crippen LogP contribution in [0.3, 0.4) is 0 Å². The number of nitrogen functional groups attached to an aromatic ring is 1. The molecule has 0 aromatic heterocycles. The Kier molecular flexibility index (Phi) is 2.70. The molecule has 0 atom stereocenters. The van der Waals surface area contributed by atoms with Crippen LogP contribution < -0.4 is 10.5 Å². The van der Waals surface area contributed by atoms with Gasteiger partial charge in [-0.15, -0.1) is 0 Å². The molecule has 0 heterocycles. The zero-order valence-corrected chi connectivity index (χ0v) is 6.68. The quantitative estimate of drug-likeness (QED) is 0.733. The fourth-order valence-electron chi connectivity index (χ4n) is 0.716. The van der Waals surface area contributed by atoms with Crippen molar-refractivity contribution in [2.24, 2.45) is 0 Å². The van der Waals surface area contributed by atoms with Crippen molar-refractivity contribution in [3.63, 3.8) is 0 Å². The van der Waals surface area contributed by atoms with Gasteiger partial charge in [0.1, 0.15) is 0 Å². The van der Waals surface area contributed by atoms with Crippen LogP contribution >= 0.6 is 11.6 Å². The molecule has 66 valence electrons. The van der Waals surface area contributed by atoms with Crippen LogP contribution in [0.25, 0.3) is 0 Å². The average Bonchev–Trinajstić information content (AvgIpc) is 1.98. The standard InChI is InChI=1S/C7H6ClF2NO/c8-4-2-1-3-5(6(4)11)12-7(9)10/h1-3,7H,11H2. The molecule has 2 nitrogen and oxygen atoms in total. The van der Waals surface area contributed by atoms with Crippen molar-refractivity contribution < 1.29 is 13.5 Å². The van der Waals surface area contributed by atoms with Gasteiger partial charge in [-0.3, -0.25) is 0 Å². The van der Waals surface area contributed by atoms with E-state index >= 15 is 0 Å². The fraction of sp³-hybridized carbons (Fsp3) is 0.143. The number of rotatable bonds is 2. The molecule has 0 fully saturated rings. The molecule has 0 unspecified atom stereocenters. The van der Waals surface area contributed by atoms with E-state index in [4.69, 9.17) is 17.3 Å². The van der Waals surface area contributed by atoms with Crippen molar-refractivity contribution in [1.82, 2.24) is 0 Å². The normalized spacial score (nSPS) is 10.3. The summed E-state index contributed by atoms with van der Waals surface area (Å²) < 4.78 is 27.5. The molecule has 0 spiro atoms. The molecule has 0 aliphatic heterocycles. The second-order valence-corrected chi connectivity index (χ2v) is 2.44. The molecule has 0 amide bonds. The van der Waals surface area contributed by atoms with E-state index in [1.165, 1.54) is 18.2 Å². The summed E-state index contributed by atoms with van der Waals surface area (Å²) in [6, 6.07) is 4.30. The number of benzene rings is 1. The van der Waals surface area contributed by atoms with Crippen LogP contribution in [0.4, 0.5) is 14.5 Å². The van der Waals surface area contributed by atoms with Gasteiger partial charge in [-0.25, -0.2) is 0 Å². The molecular formula is C7H6ClF2NO. The van der Waals surface area contributed by atoms with Crippen molar-refractivity contribution in [1.29, 1.82) is 0 Å². The van der Waals surface area contributed by atoms with Crippen LogP contribution in [-0.2, 0) is 0 Å². The molecular weight excluding hydrogens is 188 g/mol. The molecule has 2 N–H and O–H groups in total. The first-order valence-corrected chi connectivity index (χ1v) is 3.48. The SMILES string of the molecule is Nc1c(Cl)cccc1OC(F)F. The summed E-state index contributed by atoms with van der Waals surface area (Å²) in [5.41, 5.74) is 5.37. The minimum absolute atomic E-state index is 0.0273. The lowest BCUT2D eigenvalue weighted by atomic mass is 10.3. The molecule has 1 aromatic rings. The van der Waals surface area contributed by atoms with Gasteiger partial charge < -0.3 is 10.5 Å². The summed E-state index contributed by atoms with van der Waals surface area (Å²) in [5.74, 6) is -0.0995. The van der Waals surface area contributed by atoms with E-state index in [-0.39, 0.29) is 16.5 Å². The molecule has 0 aliphatic carbocycles. The molecule has 0 saturated heterocycles. The van der Waals surface area contributed by atoms with Gasteiger partial charge in [0, 0.05) is 0 Å². The lowest BCUT2D eigenvalue weighted by molar-refractivity contribution is -0.0493. The Bertz CT molecular complexity index is 280. The van der Waals surface area contributed by atoms with Gasteiger partial charge in [0.25, 0.3) is 0 Å². The van der Waals surface area contributed by atoms with Crippen molar-refractivity contribution in [2.45, 2.75) is 6.61 Å². The first-order valence-electron chi connectivity index (χ1n) is 3.10. The summed E-state index contributed by atoms with van der Waals surface area (Å²) in [4.78, 5) is 0. The highest BCUT2D eigenvalue weighted by molar-refractivity contribution is 6.33. The molecule has 1 rings (SSSR count). The van der Waals surface area contributed by atoms with Crippen LogP contribution in [0.15, 0.2) is 18.2 Å². The van der Waals surface area contributed by atoms with Gasteiger partial charge in [-0.05, 0) is 12.1 Å². The maximum absolute atomic E-state index is 11.7. The van der Waals surface area contributed by atoms with E-state index in [1.54, 1.807) is 0 Å². The van der Waals surface area contributed by atoms with Crippen molar-refractivity contribution in [3.05, 3.63) is 23.2 Å². The topological polar surface area (TPSA) is 35.2 Å². The fourth-order valence-corrected chi connectivity index (χ4v) is 0.882. The van der Waals surface area contributed by atoms with Crippen LogP contribution in [0.1, 0.15) is 0 Å². The van der Waals surface area contributed by atoms with Crippen LogP contribution in [0, 0.1) is 0 Å². The first kappa shape index (κ1) is 9.06. The van der Waals surface area contributed by atoms with Gasteiger partial charge >= 0.3 is 6.61 Å². The summed E-state index contributed by atoms with van der Waals surface area (Å²) in [7, 11) is 0. The molecule has 1 aromatic carbocycles. The number of anilines is 1. The number of nitrogens with two attached hydrogens (primary N) is 1. The number of hydrogen-bond donors (Lipinski definition) is 1.